The second-order valence-corrected chi connectivity index (χ2v) is 12.7. The molecule has 0 rings (SSSR count). The van der Waals surface area contributed by atoms with Crippen molar-refractivity contribution in [2.75, 3.05) is 59.3 Å². The summed E-state index contributed by atoms with van der Waals surface area (Å²) in [6.45, 7) is 20.0. The topological polar surface area (TPSA) is 84.9 Å². The van der Waals surface area contributed by atoms with Crippen molar-refractivity contribution in [1.29, 1.82) is 0 Å². The van der Waals surface area contributed by atoms with Crippen molar-refractivity contribution in [1.82, 2.24) is 4.57 Å². The number of esters is 1. The van der Waals surface area contributed by atoms with E-state index >= 15 is 0 Å². The van der Waals surface area contributed by atoms with Crippen LogP contribution >= 0.6 is 0 Å². The normalized spacial score (nSPS) is 13.5. The fourth-order valence-corrected chi connectivity index (χ4v) is 9.03. The Kier molecular flexibility index (Phi) is 18.7. The first-order valence-electron chi connectivity index (χ1n) is 12.6. The van der Waals surface area contributed by atoms with E-state index in [0.717, 1.165) is 13.0 Å². The van der Waals surface area contributed by atoms with Gasteiger partial charge in [-0.2, -0.15) is 0 Å². The quantitative estimate of drug-likeness (QED) is 0.122. The van der Waals surface area contributed by atoms with Gasteiger partial charge < -0.3 is 31.3 Å². The summed E-state index contributed by atoms with van der Waals surface area (Å²) in [4.78, 5) is 12.7. The Morgan fingerprint density at radius 2 is 1.21 bits per heavy atom. The molecule has 0 aromatic carbocycles. The lowest BCUT2D eigenvalue weighted by atomic mass is 10.2. The molecule has 0 aromatic rings. The molecule has 1 unspecified atom stereocenters. The minimum absolute atomic E-state index is 0.250. The molecule has 198 valence electrons. The Morgan fingerprint density at radius 3 is 1.61 bits per heavy atom. The molecule has 11 heteroatoms. The number of ether oxygens (including phenoxy) is 1. The highest BCUT2D eigenvalue weighted by Crippen LogP contribution is 2.21. The van der Waals surface area contributed by atoms with Crippen molar-refractivity contribution in [3.05, 3.63) is 0 Å². The molecule has 0 saturated heterocycles. The van der Waals surface area contributed by atoms with E-state index < -0.39 is 17.8 Å². The van der Waals surface area contributed by atoms with Crippen molar-refractivity contribution in [2.45, 2.75) is 74.3 Å². The lowest BCUT2D eigenvalue weighted by molar-refractivity contribution is -0.148. The second-order valence-electron chi connectivity index (χ2n) is 7.42. The molecule has 0 aliphatic carbocycles. The van der Waals surface area contributed by atoms with E-state index in [-0.39, 0.29) is 11.9 Å². The zero-order valence-electron chi connectivity index (χ0n) is 22.3. The summed E-state index contributed by atoms with van der Waals surface area (Å²) in [6, 6.07) is 0.612. The van der Waals surface area contributed by atoms with Gasteiger partial charge in [0.05, 0.1) is 12.5 Å². The van der Waals surface area contributed by atoms with Crippen LogP contribution in [0.3, 0.4) is 0 Å². The molecule has 0 heterocycles. The van der Waals surface area contributed by atoms with Gasteiger partial charge in [-0.3, -0.25) is 9.36 Å². The standard InChI is InChI=1S/C22H49NO8Si2/c1-9-17-23(33(29-13-5,30-14-6)31-15-7)20-21(8)22(24)25-18-16-19-32(26-10-2,27-11-3)28-12-4/h21H,9-20H2,1-8H3. The predicted octanol–water partition coefficient (Wildman–Crippen LogP) is 3.86. The lowest BCUT2D eigenvalue weighted by Crippen LogP contribution is -2.62. The fraction of sp³-hybridized carbons (Fsp3) is 0.955. The maximum atomic E-state index is 12.7. The molecule has 0 aliphatic rings. The lowest BCUT2D eigenvalue weighted by Gasteiger charge is -2.38. The summed E-state index contributed by atoms with van der Waals surface area (Å²) < 4.78 is 43.4. The Labute approximate surface area is 204 Å². The van der Waals surface area contributed by atoms with Crippen LogP contribution in [0, 0.1) is 5.92 Å². The Bertz CT molecular complexity index is 467. The maximum Gasteiger partial charge on any atom is 0.599 e. The smallest absolute Gasteiger partial charge is 0.465 e. The molecule has 0 spiro atoms. The molecule has 0 amide bonds. The number of rotatable bonds is 22. The van der Waals surface area contributed by atoms with Crippen LogP contribution in [0.4, 0.5) is 0 Å². The van der Waals surface area contributed by atoms with E-state index in [1.165, 1.54) is 0 Å². The van der Waals surface area contributed by atoms with Crippen molar-refractivity contribution < 1.29 is 36.1 Å². The minimum atomic E-state index is -3.06. The highest BCUT2D eigenvalue weighted by Gasteiger charge is 2.49. The molecule has 0 bridgehead atoms. The molecule has 0 saturated carbocycles. The molecular weight excluding hydrogens is 462 g/mol. The van der Waals surface area contributed by atoms with Gasteiger partial charge in [-0.15, -0.1) is 0 Å². The van der Waals surface area contributed by atoms with Crippen LogP contribution < -0.4 is 0 Å². The number of carbonyl (C=O) groups is 1. The van der Waals surface area contributed by atoms with E-state index in [4.69, 9.17) is 31.3 Å². The highest BCUT2D eigenvalue weighted by atomic mass is 28.4. The van der Waals surface area contributed by atoms with Crippen molar-refractivity contribution in [3.63, 3.8) is 0 Å². The Hall–Kier alpha value is -0.376. The van der Waals surface area contributed by atoms with Crippen molar-refractivity contribution in [2.24, 2.45) is 5.92 Å². The fourth-order valence-electron chi connectivity index (χ4n) is 3.57. The molecule has 0 aliphatic heterocycles. The van der Waals surface area contributed by atoms with E-state index in [1.807, 2.05) is 48.5 Å². The predicted molar refractivity (Wildman–Crippen MR) is 133 cm³/mol. The zero-order valence-corrected chi connectivity index (χ0v) is 24.3. The summed E-state index contributed by atoms with van der Waals surface area (Å²) in [5.41, 5.74) is 0. The average Bonchev–Trinajstić information content (AvgIpc) is 2.77. The Morgan fingerprint density at radius 1 is 0.758 bits per heavy atom. The van der Waals surface area contributed by atoms with E-state index in [2.05, 4.69) is 11.5 Å². The first-order chi connectivity index (χ1) is 15.8. The third-order valence-electron chi connectivity index (χ3n) is 4.72. The monoisotopic (exact) mass is 511 g/mol. The van der Waals surface area contributed by atoms with Crippen LogP contribution in [0.5, 0.6) is 0 Å². The van der Waals surface area contributed by atoms with E-state index in [0.29, 0.717) is 65.3 Å². The van der Waals surface area contributed by atoms with Gasteiger partial charge in [0.2, 0.25) is 0 Å². The zero-order chi connectivity index (χ0) is 25.2. The van der Waals surface area contributed by atoms with Crippen LogP contribution in [0.1, 0.15) is 68.2 Å². The van der Waals surface area contributed by atoms with Gasteiger partial charge in [0.15, 0.2) is 0 Å². The largest absolute Gasteiger partial charge is 0.599 e. The number of hydrogen-bond donors (Lipinski definition) is 0. The number of nitrogens with zero attached hydrogens (tertiary/aromatic N) is 1. The summed E-state index contributed by atoms with van der Waals surface area (Å²) >= 11 is 0. The first-order valence-corrected chi connectivity index (χ1v) is 16.2. The highest BCUT2D eigenvalue weighted by molar-refractivity contribution is 6.60. The van der Waals surface area contributed by atoms with Crippen molar-refractivity contribution >= 4 is 23.7 Å². The summed E-state index contributed by atoms with van der Waals surface area (Å²) in [6.07, 6.45) is 1.52. The summed E-state index contributed by atoms with van der Waals surface area (Å²) in [5, 5.41) is 0. The summed E-state index contributed by atoms with van der Waals surface area (Å²) in [5.74, 6) is -0.600. The molecule has 9 nitrogen and oxygen atoms in total. The third-order valence-corrected chi connectivity index (χ3v) is 11.0. The number of hydrogen-bond acceptors (Lipinski definition) is 9. The van der Waals surface area contributed by atoms with Crippen molar-refractivity contribution in [3.8, 4) is 0 Å². The van der Waals surface area contributed by atoms with Crippen LogP contribution in [0.25, 0.3) is 0 Å². The van der Waals surface area contributed by atoms with E-state index in [9.17, 15) is 4.79 Å². The second kappa shape index (κ2) is 18.9. The molecule has 0 radical (unpaired) electrons. The molecule has 0 fully saturated rings. The van der Waals surface area contributed by atoms with Gasteiger partial charge in [0.1, 0.15) is 0 Å². The van der Waals surface area contributed by atoms with Gasteiger partial charge >= 0.3 is 23.7 Å². The molecule has 1 atom stereocenters. The minimum Gasteiger partial charge on any atom is -0.465 e. The Balaban J connectivity index is 5.03. The van der Waals surface area contributed by atoms with Gasteiger partial charge in [0, 0.05) is 52.2 Å². The van der Waals surface area contributed by atoms with Crippen LogP contribution in [0.2, 0.25) is 6.04 Å². The molecule has 0 N–H and O–H groups in total. The van der Waals surface area contributed by atoms with Gasteiger partial charge in [-0.05, 0) is 60.9 Å². The first kappa shape index (κ1) is 32.6. The number of carbonyl (C=O) groups excluding carboxylic acids is 1. The van der Waals surface area contributed by atoms with E-state index in [1.54, 1.807) is 0 Å². The third kappa shape index (κ3) is 11.7. The van der Waals surface area contributed by atoms with Gasteiger partial charge in [0.25, 0.3) is 0 Å². The molecular formula is C22H49NO8Si2. The molecule has 33 heavy (non-hydrogen) atoms. The maximum absolute atomic E-state index is 12.7. The summed E-state index contributed by atoms with van der Waals surface area (Å²) in [7, 11) is -5.79. The SMILES string of the molecule is CCCN(CC(C)C(=O)OCCC[Si](OCC)(OCC)OCC)[Si](OCC)(OCC)OCC. The van der Waals surface area contributed by atoms with Crippen LogP contribution in [0.15, 0.2) is 0 Å². The van der Waals surface area contributed by atoms with Gasteiger partial charge in [-0.1, -0.05) is 13.8 Å². The molecule has 0 aromatic heterocycles. The van der Waals surface area contributed by atoms with Crippen LogP contribution in [-0.4, -0.2) is 87.6 Å². The van der Waals surface area contributed by atoms with Crippen LogP contribution in [-0.2, 0) is 36.1 Å². The average molecular weight is 512 g/mol. The van der Waals surface area contributed by atoms with Gasteiger partial charge in [-0.25, -0.2) is 0 Å².